The molecule has 0 saturated carbocycles. The first-order valence-corrected chi connectivity index (χ1v) is 31.9. The Morgan fingerprint density at radius 3 is 1.27 bits per heavy atom. The van der Waals surface area contributed by atoms with Crippen molar-refractivity contribution < 1.29 is 50.9 Å². The van der Waals surface area contributed by atoms with Crippen LogP contribution in [0.4, 0.5) is 8.78 Å². The van der Waals surface area contributed by atoms with E-state index >= 15 is 0 Å². The lowest BCUT2D eigenvalue weighted by Crippen LogP contribution is -2.52. The summed E-state index contributed by atoms with van der Waals surface area (Å²) in [5, 5.41) is 0. The Bertz CT molecular complexity index is 2030. The number of benzene rings is 4. The van der Waals surface area contributed by atoms with Crippen molar-refractivity contribution >= 4 is 29.3 Å². The van der Waals surface area contributed by atoms with Gasteiger partial charge >= 0.3 is 11.9 Å². The van der Waals surface area contributed by atoms with Crippen LogP contribution < -0.4 is 28.4 Å². The molecule has 0 amide bonds. The largest absolute Gasteiger partial charge is 0.491 e. The molecule has 0 heterocycles. The van der Waals surface area contributed by atoms with Gasteiger partial charge in [0.2, 0.25) is 8.32 Å². The van der Waals surface area contributed by atoms with Crippen LogP contribution in [0.25, 0.3) is 0 Å². The number of esters is 2. The molecule has 0 bridgehead atoms. The van der Waals surface area contributed by atoms with Crippen molar-refractivity contribution in [2.75, 3.05) is 13.2 Å². The Labute approximate surface area is 421 Å². The van der Waals surface area contributed by atoms with Gasteiger partial charge < -0.3 is 32.5 Å². The maximum absolute atomic E-state index is 14.3. The number of alkyl halides is 2. The summed E-state index contributed by atoms with van der Waals surface area (Å²) in [7, 11) is -3.92. The Balaban J connectivity index is 1.38. The molecule has 4 unspecified atom stereocenters. The minimum atomic E-state index is -2.47. The lowest BCUT2D eigenvalue weighted by Gasteiger charge is -2.36. The maximum Gasteiger partial charge on any atom is 0.343 e. The van der Waals surface area contributed by atoms with Crippen LogP contribution in [0.2, 0.25) is 26.2 Å². The summed E-state index contributed by atoms with van der Waals surface area (Å²) in [5.74, 6) is 1.97. The van der Waals surface area contributed by atoms with Gasteiger partial charge in [-0.2, -0.15) is 0 Å². The van der Waals surface area contributed by atoms with E-state index in [1.807, 2.05) is 0 Å². The first kappa shape index (κ1) is 57.8. The Hall–Kier alpha value is -4.73. The smallest absolute Gasteiger partial charge is 0.343 e. The summed E-state index contributed by atoms with van der Waals surface area (Å²) in [6.07, 6.45) is 15.2. The lowest BCUT2D eigenvalue weighted by molar-refractivity contribution is 0.0725. The van der Waals surface area contributed by atoms with Gasteiger partial charge in [-0.1, -0.05) is 104 Å². The summed E-state index contributed by atoms with van der Waals surface area (Å²) in [4.78, 5) is 26.4. The van der Waals surface area contributed by atoms with Crippen LogP contribution in [0.15, 0.2) is 97.1 Å². The predicted molar refractivity (Wildman–Crippen MR) is 283 cm³/mol. The van der Waals surface area contributed by atoms with E-state index < -0.39 is 41.6 Å². The third-order valence-corrected chi connectivity index (χ3v) is 18.3. The Kier molecular flexibility index (Phi) is 26.7. The van der Waals surface area contributed by atoms with Gasteiger partial charge in [0, 0.05) is 6.42 Å². The fourth-order valence-electron chi connectivity index (χ4n) is 8.13. The van der Waals surface area contributed by atoms with Crippen molar-refractivity contribution in [1.82, 2.24) is 0 Å². The number of carbonyl (C=O) groups excluding carboxylic acids is 2. The van der Waals surface area contributed by atoms with Crippen molar-refractivity contribution in [3.63, 3.8) is 0 Å². The quantitative estimate of drug-likeness (QED) is 0.0191. The summed E-state index contributed by atoms with van der Waals surface area (Å²) < 4.78 is 71.4. The van der Waals surface area contributed by atoms with Crippen molar-refractivity contribution in [2.45, 2.75) is 187 Å². The fourth-order valence-corrected chi connectivity index (χ4v) is 14.9. The zero-order valence-corrected chi connectivity index (χ0v) is 45.4. The third kappa shape index (κ3) is 22.6. The molecule has 70 heavy (non-hydrogen) atoms. The molecule has 4 aromatic carbocycles. The fraction of sp³-hybridized carbons (Fsp3) is 0.544. The van der Waals surface area contributed by atoms with Crippen LogP contribution in [-0.4, -0.2) is 66.7 Å². The van der Waals surface area contributed by atoms with E-state index in [9.17, 15) is 18.4 Å². The first-order valence-electron chi connectivity index (χ1n) is 26.2. The number of carbonyl (C=O) groups is 2. The molecule has 0 aliphatic rings. The van der Waals surface area contributed by atoms with Crippen molar-refractivity contribution in [3.8, 4) is 34.5 Å². The molecule has 0 fully saturated rings. The lowest BCUT2D eigenvalue weighted by atomic mass is 10.1. The molecule has 4 atom stereocenters. The molecular weight excluding hydrogens is 923 g/mol. The van der Waals surface area contributed by atoms with Crippen LogP contribution in [0.3, 0.4) is 0 Å². The van der Waals surface area contributed by atoms with Crippen LogP contribution in [-0.2, 0) is 4.12 Å². The average Bonchev–Trinajstić information content (AvgIpc) is 3.34. The van der Waals surface area contributed by atoms with E-state index in [1.54, 1.807) is 97.1 Å². The third-order valence-electron chi connectivity index (χ3n) is 12.1. The molecule has 0 aromatic heterocycles. The van der Waals surface area contributed by atoms with Crippen molar-refractivity contribution in [2.24, 2.45) is 0 Å². The molecule has 0 saturated heterocycles. The monoisotopic (exact) mass is 1000 g/mol. The van der Waals surface area contributed by atoms with E-state index in [4.69, 9.17) is 32.5 Å². The Morgan fingerprint density at radius 1 is 0.486 bits per heavy atom. The number of halogens is 2. The molecule has 0 spiro atoms. The molecule has 4 rings (SSSR count). The summed E-state index contributed by atoms with van der Waals surface area (Å²) in [5.41, 5.74) is 0.463. The van der Waals surface area contributed by atoms with Crippen LogP contribution >= 0.6 is 0 Å². The molecule has 0 aliphatic carbocycles. The summed E-state index contributed by atoms with van der Waals surface area (Å²) >= 11 is 0. The highest BCUT2D eigenvalue weighted by Crippen LogP contribution is 2.29. The van der Waals surface area contributed by atoms with Gasteiger partial charge in [-0.05, 0) is 149 Å². The van der Waals surface area contributed by atoms with Gasteiger partial charge in [0.1, 0.15) is 71.9 Å². The second kappa shape index (κ2) is 32.3. The normalized spacial score (nSPS) is 13.3. The van der Waals surface area contributed by atoms with Gasteiger partial charge in [-0.25, -0.2) is 18.4 Å². The Morgan fingerprint density at radius 2 is 0.843 bits per heavy atom. The molecule has 0 radical (unpaired) electrons. The summed E-state index contributed by atoms with van der Waals surface area (Å²) in [6, 6.07) is 27.2. The molecule has 386 valence electrons. The number of unbranched alkanes of at least 4 members (excludes halogenated alkanes) is 11. The number of hydrogen-bond acceptors (Lipinski definition) is 9. The second-order valence-electron chi connectivity index (χ2n) is 19.2. The predicted octanol–water partition coefficient (Wildman–Crippen LogP) is 15.6. The van der Waals surface area contributed by atoms with Gasteiger partial charge in [-0.3, -0.25) is 0 Å². The summed E-state index contributed by atoms with van der Waals surface area (Å²) in [6.45, 7) is 15.2. The maximum atomic E-state index is 14.3. The van der Waals surface area contributed by atoms with E-state index in [1.165, 1.54) is 25.7 Å². The molecule has 9 nitrogen and oxygen atoms in total. The van der Waals surface area contributed by atoms with Gasteiger partial charge in [0.15, 0.2) is 9.04 Å². The zero-order chi connectivity index (χ0) is 50.6. The highest BCUT2D eigenvalue weighted by molar-refractivity contribution is 6.78. The van der Waals surface area contributed by atoms with Crippen LogP contribution in [0.5, 0.6) is 34.5 Å². The SMILES string of the molecule is CCCCCCCCC(CC(Oc1ccc(C(=O)Oc2ccc(OCC(F)CCCCCC)cc2)cc1)[Si](C)(C)O[SiH](C)C)Oc1ccc(C(=O)Oc2ccc(OCC(F)CCCCCC)cc2)cc1. The zero-order valence-electron chi connectivity index (χ0n) is 43.2. The van der Waals surface area contributed by atoms with Gasteiger partial charge in [0.25, 0.3) is 0 Å². The highest BCUT2D eigenvalue weighted by Gasteiger charge is 2.39. The molecule has 0 aliphatic heterocycles. The van der Waals surface area contributed by atoms with Crippen LogP contribution in [0.1, 0.15) is 157 Å². The van der Waals surface area contributed by atoms with E-state index in [0.29, 0.717) is 64.9 Å². The number of rotatable bonds is 36. The minimum absolute atomic E-state index is 0.00587. The molecule has 4 aromatic rings. The van der Waals surface area contributed by atoms with Crippen molar-refractivity contribution in [3.05, 3.63) is 108 Å². The first-order chi connectivity index (χ1) is 33.8. The number of ether oxygens (including phenoxy) is 6. The van der Waals surface area contributed by atoms with Crippen LogP contribution in [0, 0.1) is 0 Å². The standard InChI is InChI=1S/C57H82F2O9Si2/c1-8-11-14-17-18-21-24-54(64-50-29-25-44(26-30-50)56(60)66-52-37-33-48(34-38-52)62-42-46(58)22-19-15-12-9-2)41-55(70(6,7)68-69(4)5)65-51-31-27-45(28-32-51)57(61)67-53-39-35-49(36-40-53)63-43-47(59)23-20-16-13-10-3/h25-40,46-47,54-55,69H,8-24,41-43H2,1-7H3. The van der Waals surface area contributed by atoms with Gasteiger partial charge in [0.05, 0.1) is 11.1 Å². The van der Waals surface area contributed by atoms with E-state index in [-0.39, 0.29) is 25.0 Å². The topological polar surface area (TPSA) is 98.8 Å². The van der Waals surface area contributed by atoms with E-state index in [0.717, 1.165) is 70.6 Å². The molecule has 13 heteroatoms. The molecule has 0 N–H and O–H groups in total. The minimum Gasteiger partial charge on any atom is -0.491 e. The molecular formula is C57H82F2O9Si2. The average molecular weight is 1010 g/mol. The highest BCUT2D eigenvalue weighted by atomic mass is 28.4. The van der Waals surface area contributed by atoms with Crippen molar-refractivity contribution in [1.29, 1.82) is 0 Å². The second-order valence-corrected chi connectivity index (χ2v) is 26.1. The van der Waals surface area contributed by atoms with E-state index in [2.05, 4.69) is 47.0 Å². The van der Waals surface area contributed by atoms with Gasteiger partial charge in [-0.15, -0.1) is 0 Å². The number of hydrogen-bond donors (Lipinski definition) is 0.